The van der Waals surface area contributed by atoms with E-state index in [0.717, 1.165) is 35.4 Å². The molecule has 3 rings (SSSR count). The molecule has 0 fully saturated rings. The highest BCUT2D eigenvalue weighted by Gasteiger charge is 2.33. The Bertz CT molecular complexity index is 743. The Hall–Kier alpha value is -1.44. The molecule has 0 amide bonds. The second-order valence-electron chi connectivity index (χ2n) is 5.61. The average Bonchev–Trinajstić information content (AvgIpc) is 3.22. The van der Waals surface area contributed by atoms with Gasteiger partial charge in [0.15, 0.2) is 11.7 Å². The number of hydrogen-bond donors (Lipinski definition) is 2. The van der Waals surface area contributed by atoms with Crippen LogP contribution in [0.4, 0.5) is 13.2 Å². The van der Waals surface area contributed by atoms with Gasteiger partial charge in [0.1, 0.15) is 12.2 Å². The number of aromatic nitrogens is 4. The molecule has 0 spiro atoms. The van der Waals surface area contributed by atoms with Crippen LogP contribution in [0, 0.1) is 0 Å². The van der Waals surface area contributed by atoms with Gasteiger partial charge in [-0.05, 0) is 6.42 Å². The van der Waals surface area contributed by atoms with Crippen molar-refractivity contribution in [1.82, 2.24) is 30.4 Å². The molecule has 0 aliphatic carbocycles. The van der Waals surface area contributed by atoms with Crippen LogP contribution < -0.4 is 10.6 Å². The van der Waals surface area contributed by atoms with E-state index in [1.165, 1.54) is 0 Å². The summed E-state index contributed by atoms with van der Waals surface area (Å²) in [5.74, 6) is 1.59. The third kappa shape index (κ3) is 5.28. The summed E-state index contributed by atoms with van der Waals surface area (Å²) >= 11 is 1.01. The SMILES string of the molecule is CN=C(NCCc1nc(C(F)(F)F)cs1)NC1CCc2ncnn2C1.I. The number of nitrogens with zero attached hydrogens (tertiary/aromatic N) is 5. The Morgan fingerprint density at radius 1 is 1.46 bits per heavy atom. The molecule has 1 aliphatic heterocycles. The third-order valence-corrected chi connectivity index (χ3v) is 4.75. The summed E-state index contributed by atoms with van der Waals surface area (Å²) in [4.78, 5) is 12.0. The summed E-state index contributed by atoms with van der Waals surface area (Å²) in [6.07, 6.45) is -0.677. The van der Waals surface area contributed by atoms with Gasteiger partial charge < -0.3 is 10.6 Å². The zero-order valence-electron chi connectivity index (χ0n) is 14.0. The minimum Gasteiger partial charge on any atom is -0.356 e. The fourth-order valence-electron chi connectivity index (χ4n) is 2.59. The minimum absolute atomic E-state index is 0. The molecular formula is C14H19F3IN7S. The molecule has 0 saturated carbocycles. The lowest BCUT2D eigenvalue weighted by molar-refractivity contribution is -0.140. The van der Waals surface area contributed by atoms with Crippen molar-refractivity contribution in [3.8, 4) is 0 Å². The predicted octanol–water partition coefficient (Wildman–Crippen LogP) is 2.09. The number of nitrogens with one attached hydrogen (secondary N) is 2. The van der Waals surface area contributed by atoms with Crippen LogP contribution in [-0.4, -0.2) is 45.3 Å². The van der Waals surface area contributed by atoms with Crippen molar-refractivity contribution >= 4 is 41.3 Å². The van der Waals surface area contributed by atoms with Crippen LogP contribution in [0.1, 0.15) is 22.9 Å². The number of alkyl halides is 3. The fourth-order valence-corrected chi connectivity index (χ4v) is 3.39. The van der Waals surface area contributed by atoms with E-state index < -0.39 is 11.9 Å². The number of aliphatic imine (C=N–C) groups is 1. The lowest BCUT2D eigenvalue weighted by atomic mass is 10.1. The first-order valence-electron chi connectivity index (χ1n) is 7.81. The zero-order chi connectivity index (χ0) is 17.9. The Morgan fingerprint density at radius 2 is 2.27 bits per heavy atom. The third-order valence-electron chi connectivity index (χ3n) is 3.84. The molecule has 0 saturated heterocycles. The van der Waals surface area contributed by atoms with Gasteiger partial charge in [0.05, 0.1) is 11.6 Å². The van der Waals surface area contributed by atoms with Crippen molar-refractivity contribution in [2.45, 2.75) is 38.0 Å². The number of aryl methyl sites for hydroxylation is 1. The summed E-state index contributed by atoms with van der Waals surface area (Å²) in [5.41, 5.74) is -0.833. The molecule has 26 heavy (non-hydrogen) atoms. The van der Waals surface area contributed by atoms with Crippen LogP contribution in [0.2, 0.25) is 0 Å². The van der Waals surface area contributed by atoms with Gasteiger partial charge in [0, 0.05) is 37.9 Å². The van der Waals surface area contributed by atoms with Gasteiger partial charge >= 0.3 is 6.18 Å². The van der Waals surface area contributed by atoms with Crippen molar-refractivity contribution in [3.63, 3.8) is 0 Å². The molecule has 2 aromatic rings. The Morgan fingerprint density at radius 3 is 2.96 bits per heavy atom. The van der Waals surface area contributed by atoms with Crippen molar-refractivity contribution in [1.29, 1.82) is 0 Å². The van der Waals surface area contributed by atoms with E-state index in [-0.39, 0.29) is 30.0 Å². The Kier molecular flexibility index (Phi) is 7.20. The summed E-state index contributed by atoms with van der Waals surface area (Å²) < 4.78 is 39.5. The van der Waals surface area contributed by atoms with Crippen LogP contribution in [0.3, 0.4) is 0 Å². The van der Waals surface area contributed by atoms with Gasteiger partial charge in [-0.1, -0.05) is 0 Å². The molecule has 7 nitrogen and oxygen atoms in total. The van der Waals surface area contributed by atoms with Crippen LogP contribution in [-0.2, 0) is 25.6 Å². The fraction of sp³-hybridized carbons (Fsp3) is 0.571. The standard InChI is InChI=1S/C14H18F3N7S.HI/c1-18-13(22-9-2-3-11-20-8-21-24(11)6-9)19-5-4-12-23-10(7-25-12)14(15,16)17;/h7-9H,2-6H2,1H3,(H2,18,19,22);1H. The van der Waals surface area contributed by atoms with Crippen molar-refractivity contribution in [2.24, 2.45) is 4.99 Å². The van der Waals surface area contributed by atoms with Gasteiger partial charge in [-0.15, -0.1) is 35.3 Å². The number of thiazole rings is 1. The molecule has 1 unspecified atom stereocenters. The first kappa shape index (κ1) is 20.9. The monoisotopic (exact) mass is 501 g/mol. The Labute approximate surface area is 169 Å². The molecule has 2 aromatic heterocycles. The number of fused-ring (bicyclic) bond motifs is 1. The first-order valence-corrected chi connectivity index (χ1v) is 8.69. The number of hydrogen-bond acceptors (Lipinski definition) is 5. The summed E-state index contributed by atoms with van der Waals surface area (Å²) in [5, 5.41) is 12.1. The highest BCUT2D eigenvalue weighted by molar-refractivity contribution is 14.0. The first-order chi connectivity index (χ1) is 12.0. The van der Waals surface area contributed by atoms with Crippen LogP contribution in [0.15, 0.2) is 16.7 Å². The van der Waals surface area contributed by atoms with E-state index >= 15 is 0 Å². The van der Waals surface area contributed by atoms with E-state index in [4.69, 9.17) is 0 Å². The van der Waals surface area contributed by atoms with Crippen molar-refractivity contribution in [2.75, 3.05) is 13.6 Å². The lowest BCUT2D eigenvalue weighted by Crippen LogP contribution is -2.47. The molecule has 144 valence electrons. The topological polar surface area (TPSA) is 80.0 Å². The van der Waals surface area contributed by atoms with Gasteiger partial charge in [0.25, 0.3) is 0 Å². The maximum atomic E-state index is 12.5. The largest absolute Gasteiger partial charge is 0.434 e. The van der Waals surface area contributed by atoms with E-state index in [9.17, 15) is 13.2 Å². The van der Waals surface area contributed by atoms with Crippen LogP contribution >= 0.6 is 35.3 Å². The maximum Gasteiger partial charge on any atom is 0.434 e. The molecule has 1 atom stereocenters. The molecule has 12 heteroatoms. The summed E-state index contributed by atoms with van der Waals surface area (Å²) in [6, 6.07) is 0.178. The van der Waals surface area contributed by atoms with Gasteiger partial charge in [-0.3, -0.25) is 4.99 Å². The van der Waals surface area contributed by atoms with Gasteiger partial charge in [-0.25, -0.2) is 14.6 Å². The van der Waals surface area contributed by atoms with Crippen LogP contribution in [0.5, 0.6) is 0 Å². The van der Waals surface area contributed by atoms with E-state index in [0.29, 0.717) is 30.5 Å². The zero-order valence-corrected chi connectivity index (χ0v) is 17.1. The number of guanidine groups is 1. The van der Waals surface area contributed by atoms with E-state index in [1.807, 2.05) is 4.68 Å². The maximum absolute atomic E-state index is 12.5. The second-order valence-corrected chi connectivity index (χ2v) is 6.55. The number of halogens is 4. The van der Waals surface area contributed by atoms with E-state index in [2.05, 4.69) is 30.7 Å². The minimum atomic E-state index is -4.39. The highest BCUT2D eigenvalue weighted by atomic mass is 127. The quantitative estimate of drug-likeness (QED) is 0.381. The Balaban J connectivity index is 0.00000243. The summed E-state index contributed by atoms with van der Waals surface area (Å²) in [7, 11) is 1.66. The lowest BCUT2D eigenvalue weighted by Gasteiger charge is -2.25. The number of rotatable bonds is 4. The van der Waals surface area contributed by atoms with Crippen molar-refractivity contribution in [3.05, 3.63) is 28.2 Å². The molecule has 1 aliphatic rings. The second kappa shape index (κ2) is 8.97. The highest BCUT2D eigenvalue weighted by Crippen LogP contribution is 2.29. The molecule has 3 heterocycles. The van der Waals surface area contributed by atoms with Crippen LogP contribution in [0.25, 0.3) is 0 Å². The van der Waals surface area contributed by atoms with E-state index in [1.54, 1.807) is 13.4 Å². The predicted molar refractivity (Wildman–Crippen MR) is 103 cm³/mol. The molecular weight excluding hydrogens is 482 g/mol. The molecule has 0 aromatic carbocycles. The van der Waals surface area contributed by atoms with Crippen molar-refractivity contribution < 1.29 is 13.2 Å². The molecule has 2 N–H and O–H groups in total. The van der Waals surface area contributed by atoms with Gasteiger partial charge in [0.2, 0.25) is 0 Å². The normalized spacial score (nSPS) is 17.4. The van der Waals surface area contributed by atoms with Gasteiger partial charge in [-0.2, -0.15) is 18.3 Å². The molecule has 0 bridgehead atoms. The molecule has 0 radical (unpaired) electrons. The average molecular weight is 501 g/mol. The smallest absolute Gasteiger partial charge is 0.356 e. The summed E-state index contributed by atoms with van der Waals surface area (Å²) in [6.45, 7) is 1.16.